The van der Waals surface area contributed by atoms with Gasteiger partial charge >= 0.3 is 5.97 Å². The predicted octanol–water partition coefficient (Wildman–Crippen LogP) is 2.34. The molecule has 0 bridgehead atoms. The average molecular weight is 290 g/mol. The van der Waals surface area contributed by atoms with Crippen molar-refractivity contribution in [3.8, 4) is 0 Å². The van der Waals surface area contributed by atoms with E-state index in [1.54, 1.807) is 0 Å². The van der Waals surface area contributed by atoms with Crippen molar-refractivity contribution in [2.24, 2.45) is 0 Å². The van der Waals surface area contributed by atoms with E-state index in [9.17, 15) is 9.90 Å². The van der Waals surface area contributed by atoms with Gasteiger partial charge in [0.2, 0.25) is 0 Å². The Hall–Kier alpha value is -0.650. The molecule has 0 aromatic heterocycles. The standard InChI is InChI=1S/C15H30O5/c1-2-3-4-5-6-7-8-14(9-10-15(18)19)20-12-13(17)11-16/h13-14,16-17H,2-12H2,1H3,(H,18,19). The highest BCUT2D eigenvalue weighted by atomic mass is 16.5. The lowest BCUT2D eigenvalue weighted by molar-refractivity contribution is -0.138. The number of carboxylic acid groups (broad SMARTS) is 1. The molecular formula is C15H30O5. The molecule has 0 heterocycles. The van der Waals surface area contributed by atoms with Crippen LogP contribution in [0.5, 0.6) is 0 Å². The Morgan fingerprint density at radius 2 is 1.75 bits per heavy atom. The fourth-order valence-electron chi connectivity index (χ4n) is 2.05. The molecule has 2 unspecified atom stereocenters. The van der Waals surface area contributed by atoms with Crippen molar-refractivity contribution in [2.75, 3.05) is 13.2 Å². The van der Waals surface area contributed by atoms with Gasteiger partial charge in [-0.2, -0.15) is 0 Å². The first-order chi connectivity index (χ1) is 9.60. The number of carbonyl (C=O) groups is 1. The third-order valence-corrected chi connectivity index (χ3v) is 3.29. The van der Waals surface area contributed by atoms with E-state index >= 15 is 0 Å². The maximum Gasteiger partial charge on any atom is 0.303 e. The zero-order chi connectivity index (χ0) is 15.2. The Labute approximate surface area is 122 Å². The van der Waals surface area contributed by atoms with E-state index in [1.807, 2.05) is 0 Å². The summed E-state index contributed by atoms with van der Waals surface area (Å²) in [6.07, 6.45) is 7.43. The fraction of sp³-hybridized carbons (Fsp3) is 0.933. The van der Waals surface area contributed by atoms with Crippen LogP contribution in [0.3, 0.4) is 0 Å². The summed E-state index contributed by atoms with van der Waals surface area (Å²) >= 11 is 0. The number of aliphatic carboxylic acids is 1. The van der Waals surface area contributed by atoms with Crippen LogP contribution >= 0.6 is 0 Å². The van der Waals surface area contributed by atoms with Crippen molar-refractivity contribution in [3.63, 3.8) is 0 Å². The number of unbranched alkanes of at least 4 members (excludes halogenated alkanes) is 5. The van der Waals surface area contributed by atoms with Crippen LogP contribution in [-0.4, -0.2) is 46.7 Å². The summed E-state index contributed by atoms with van der Waals surface area (Å²) in [4.78, 5) is 10.6. The lowest BCUT2D eigenvalue weighted by Gasteiger charge is -2.18. The number of aliphatic hydroxyl groups excluding tert-OH is 2. The second-order valence-corrected chi connectivity index (χ2v) is 5.28. The summed E-state index contributed by atoms with van der Waals surface area (Å²) in [5.74, 6) is -0.829. The van der Waals surface area contributed by atoms with Crippen LogP contribution in [0.4, 0.5) is 0 Å². The zero-order valence-corrected chi connectivity index (χ0v) is 12.6. The summed E-state index contributed by atoms with van der Waals surface area (Å²) in [6.45, 7) is 1.92. The first kappa shape index (κ1) is 19.4. The molecule has 5 nitrogen and oxygen atoms in total. The highest BCUT2D eigenvalue weighted by molar-refractivity contribution is 5.66. The normalized spacial score (nSPS) is 14.2. The SMILES string of the molecule is CCCCCCCCC(CCC(=O)O)OCC(O)CO. The summed E-state index contributed by atoms with van der Waals surface area (Å²) in [5, 5.41) is 26.7. The van der Waals surface area contributed by atoms with E-state index in [-0.39, 0.29) is 25.7 Å². The quantitative estimate of drug-likeness (QED) is 0.427. The van der Waals surface area contributed by atoms with Gasteiger partial charge in [0.05, 0.1) is 19.3 Å². The third kappa shape index (κ3) is 12.4. The molecule has 3 N–H and O–H groups in total. The molecule has 5 heteroatoms. The molecular weight excluding hydrogens is 260 g/mol. The van der Waals surface area contributed by atoms with Crippen LogP contribution in [-0.2, 0) is 9.53 Å². The second-order valence-electron chi connectivity index (χ2n) is 5.28. The minimum Gasteiger partial charge on any atom is -0.481 e. The van der Waals surface area contributed by atoms with Gasteiger partial charge in [-0.3, -0.25) is 4.79 Å². The number of carboxylic acids is 1. The van der Waals surface area contributed by atoms with Crippen molar-refractivity contribution in [3.05, 3.63) is 0 Å². The van der Waals surface area contributed by atoms with Crippen LogP contribution < -0.4 is 0 Å². The van der Waals surface area contributed by atoms with Gasteiger partial charge in [-0.05, 0) is 12.8 Å². The lowest BCUT2D eigenvalue weighted by Crippen LogP contribution is -2.25. The first-order valence-corrected chi connectivity index (χ1v) is 7.72. The summed E-state index contributed by atoms with van der Waals surface area (Å²) in [7, 11) is 0. The van der Waals surface area contributed by atoms with Crippen LogP contribution in [0.15, 0.2) is 0 Å². The van der Waals surface area contributed by atoms with E-state index in [4.69, 9.17) is 14.9 Å². The molecule has 0 fully saturated rings. The highest BCUT2D eigenvalue weighted by Crippen LogP contribution is 2.14. The second kappa shape index (κ2) is 13.3. The van der Waals surface area contributed by atoms with E-state index in [0.29, 0.717) is 6.42 Å². The smallest absolute Gasteiger partial charge is 0.303 e. The molecule has 0 rings (SSSR count). The number of hydrogen-bond donors (Lipinski definition) is 3. The Morgan fingerprint density at radius 3 is 2.35 bits per heavy atom. The molecule has 0 aromatic carbocycles. The van der Waals surface area contributed by atoms with Crippen LogP contribution in [0.25, 0.3) is 0 Å². The van der Waals surface area contributed by atoms with Crippen LogP contribution in [0.2, 0.25) is 0 Å². The highest BCUT2D eigenvalue weighted by Gasteiger charge is 2.13. The molecule has 0 saturated carbocycles. The molecule has 0 spiro atoms. The van der Waals surface area contributed by atoms with Crippen molar-refractivity contribution in [1.29, 1.82) is 0 Å². The first-order valence-electron chi connectivity index (χ1n) is 7.72. The van der Waals surface area contributed by atoms with E-state index in [0.717, 1.165) is 19.3 Å². The van der Waals surface area contributed by atoms with Crippen molar-refractivity contribution >= 4 is 5.97 Å². The van der Waals surface area contributed by atoms with E-state index in [1.165, 1.54) is 25.7 Å². The van der Waals surface area contributed by atoms with Gasteiger partial charge in [-0.25, -0.2) is 0 Å². The Balaban J connectivity index is 3.82. The minimum atomic E-state index is -0.883. The maximum atomic E-state index is 10.6. The molecule has 0 aromatic rings. The predicted molar refractivity (Wildman–Crippen MR) is 77.7 cm³/mol. The average Bonchev–Trinajstić information content (AvgIpc) is 2.43. The fourth-order valence-corrected chi connectivity index (χ4v) is 2.05. The molecule has 2 atom stereocenters. The van der Waals surface area contributed by atoms with Crippen molar-refractivity contribution < 1.29 is 24.9 Å². The lowest BCUT2D eigenvalue weighted by atomic mass is 10.0. The molecule has 0 aliphatic rings. The molecule has 0 saturated heterocycles. The molecule has 120 valence electrons. The molecule has 0 aliphatic carbocycles. The van der Waals surface area contributed by atoms with Crippen molar-refractivity contribution in [1.82, 2.24) is 0 Å². The van der Waals surface area contributed by atoms with Gasteiger partial charge in [0.25, 0.3) is 0 Å². The Morgan fingerprint density at radius 1 is 1.10 bits per heavy atom. The minimum absolute atomic E-state index is 0.0661. The topological polar surface area (TPSA) is 87.0 Å². The van der Waals surface area contributed by atoms with Crippen LogP contribution in [0.1, 0.15) is 64.7 Å². The van der Waals surface area contributed by atoms with Gasteiger partial charge < -0.3 is 20.1 Å². The summed E-state index contributed by atoms with van der Waals surface area (Å²) in [6, 6.07) is 0. The Bertz CT molecular complexity index is 232. The molecule has 0 aliphatic heterocycles. The summed E-state index contributed by atoms with van der Waals surface area (Å²) < 4.78 is 5.50. The number of hydrogen-bond acceptors (Lipinski definition) is 4. The van der Waals surface area contributed by atoms with Gasteiger partial charge in [0.1, 0.15) is 6.10 Å². The van der Waals surface area contributed by atoms with E-state index in [2.05, 4.69) is 6.92 Å². The Kier molecular flexibility index (Phi) is 12.9. The maximum absolute atomic E-state index is 10.6. The van der Waals surface area contributed by atoms with Gasteiger partial charge in [0, 0.05) is 6.42 Å². The number of aliphatic hydroxyl groups is 2. The number of ether oxygens (including phenoxy) is 1. The largest absolute Gasteiger partial charge is 0.481 e. The molecule has 0 amide bonds. The summed E-state index contributed by atoms with van der Waals surface area (Å²) in [5.41, 5.74) is 0. The van der Waals surface area contributed by atoms with Gasteiger partial charge in [0.15, 0.2) is 0 Å². The van der Waals surface area contributed by atoms with Gasteiger partial charge in [-0.1, -0.05) is 45.4 Å². The van der Waals surface area contributed by atoms with Crippen molar-refractivity contribution in [2.45, 2.75) is 76.9 Å². The molecule has 20 heavy (non-hydrogen) atoms. The zero-order valence-electron chi connectivity index (χ0n) is 12.6. The van der Waals surface area contributed by atoms with E-state index < -0.39 is 12.1 Å². The third-order valence-electron chi connectivity index (χ3n) is 3.29. The number of rotatable bonds is 14. The van der Waals surface area contributed by atoms with Crippen LogP contribution in [0, 0.1) is 0 Å². The van der Waals surface area contributed by atoms with Gasteiger partial charge in [-0.15, -0.1) is 0 Å². The molecule has 0 radical (unpaired) electrons. The monoisotopic (exact) mass is 290 g/mol.